The molecular formula is C26H36N8O3. The Balaban J connectivity index is 1.40. The fourth-order valence-electron chi connectivity index (χ4n) is 5.31. The molecular weight excluding hydrogens is 472 g/mol. The van der Waals surface area contributed by atoms with Gasteiger partial charge in [0, 0.05) is 31.7 Å². The van der Waals surface area contributed by atoms with Crippen LogP contribution in [0.4, 0.5) is 23.1 Å². The van der Waals surface area contributed by atoms with E-state index < -0.39 is 0 Å². The molecule has 1 atom stereocenters. The number of amides is 2. The molecule has 2 saturated heterocycles. The fourth-order valence-corrected chi connectivity index (χ4v) is 5.31. The summed E-state index contributed by atoms with van der Waals surface area (Å²) in [5, 5.41) is 14.0. The zero-order valence-corrected chi connectivity index (χ0v) is 21.8. The molecule has 0 unspecified atom stereocenters. The van der Waals surface area contributed by atoms with Crippen molar-refractivity contribution in [2.75, 3.05) is 55.6 Å². The average Bonchev–Trinajstić information content (AvgIpc) is 3.46. The highest BCUT2D eigenvalue weighted by molar-refractivity contribution is 6.04. The Hall–Kier alpha value is -3.44. The zero-order valence-electron chi connectivity index (χ0n) is 21.8. The Morgan fingerprint density at radius 2 is 1.97 bits per heavy atom. The monoisotopic (exact) mass is 508 g/mol. The number of carbonyl (C=O) groups is 2. The molecule has 4 heterocycles. The smallest absolute Gasteiger partial charge is 0.251 e. The van der Waals surface area contributed by atoms with Crippen LogP contribution in [0.1, 0.15) is 49.4 Å². The van der Waals surface area contributed by atoms with Crippen molar-refractivity contribution in [3.8, 4) is 5.75 Å². The van der Waals surface area contributed by atoms with Gasteiger partial charge in [0.25, 0.3) is 11.8 Å². The maximum Gasteiger partial charge on any atom is 0.251 e. The highest BCUT2D eigenvalue weighted by Crippen LogP contribution is 2.38. The van der Waals surface area contributed by atoms with Crippen LogP contribution in [-0.4, -0.2) is 79.2 Å². The van der Waals surface area contributed by atoms with Crippen LogP contribution in [0.15, 0.2) is 24.4 Å². The van der Waals surface area contributed by atoms with Crippen LogP contribution in [-0.2, 0) is 4.79 Å². The van der Waals surface area contributed by atoms with Crippen molar-refractivity contribution in [3.63, 3.8) is 0 Å². The standard InChI is InChI=1S/C26H36N8O3/c1-4-20-25(36)32(2)21-16-28-26(31-23(21)34(20)33-13-5-6-14-33)30-19-8-7-17(15-22(19)37-3)24(35)29-18-9-11-27-12-10-18/h7-8,15-16,18,20,27H,4-6,9-14H2,1-3H3,(H,29,35)(H,28,30,31)/t20-/m1/s1. The van der Waals surface area contributed by atoms with Gasteiger partial charge in [0.05, 0.1) is 19.0 Å². The van der Waals surface area contributed by atoms with E-state index >= 15 is 0 Å². The summed E-state index contributed by atoms with van der Waals surface area (Å²) in [4.78, 5) is 36.9. The largest absolute Gasteiger partial charge is 0.495 e. The van der Waals surface area contributed by atoms with Crippen LogP contribution < -0.4 is 30.6 Å². The number of piperidine rings is 1. The normalized spacial score (nSPS) is 20.6. The predicted octanol–water partition coefficient (Wildman–Crippen LogP) is 2.28. The van der Waals surface area contributed by atoms with E-state index in [1.54, 1.807) is 37.4 Å². The molecule has 0 saturated carbocycles. The molecule has 11 nitrogen and oxygen atoms in total. The number of ether oxygens (including phenoxy) is 1. The number of carbonyl (C=O) groups excluding carboxylic acids is 2. The SMILES string of the molecule is CC[C@@H]1C(=O)N(C)c2cnc(Nc3ccc(C(=O)NC4CCNCC4)cc3OC)nc2N1N1CCCC1. The highest BCUT2D eigenvalue weighted by atomic mass is 16.5. The number of nitrogens with one attached hydrogen (secondary N) is 3. The first-order valence-corrected chi connectivity index (χ1v) is 13.2. The van der Waals surface area contributed by atoms with Crippen molar-refractivity contribution in [3.05, 3.63) is 30.0 Å². The van der Waals surface area contributed by atoms with Gasteiger partial charge < -0.3 is 25.6 Å². The van der Waals surface area contributed by atoms with Crippen molar-refractivity contribution in [1.82, 2.24) is 25.6 Å². The average molecular weight is 509 g/mol. The van der Waals surface area contributed by atoms with Gasteiger partial charge >= 0.3 is 0 Å². The molecule has 0 spiro atoms. The molecule has 2 fully saturated rings. The Morgan fingerprint density at radius 3 is 2.68 bits per heavy atom. The van der Waals surface area contributed by atoms with Gasteiger partial charge in [0.15, 0.2) is 5.82 Å². The lowest BCUT2D eigenvalue weighted by Crippen LogP contribution is -2.58. The van der Waals surface area contributed by atoms with Crippen LogP contribution in [0.5, 0.6) is 5.75 Å². The predicted molar refractivity (Wildman–Crippen MR) is 142 cm³/mol. The molecule has 1 aromatic heterocycles. The Kier molecular flexibility index (Phi) is 7.43. The van der Waals surface area contributed by atoms with Crippen LogP contribution in [0.25, 0.3) is 0 Å². The van der Waals surface area contributed by atoms with E-state index in [-0.39, 0.29) is 23.9 Å². The lowest BCUT2D eigenvalue weighted by atomic mass is 10.1. The molecule has 3 aliphatic rings. The highest BCUT2D eigenvalue weighted by Gasteiger charge is 2.40. The third kappa shape index (κ3) is 5.05. The molecule has 0 radical (unpaired) electrons. The number of nitrogens with zero attached hydrogens (tertiary/aromatic N) is 5. The molecule has 3 N–H and O–H groups in total. The minimum Gasteiger partial charge on any atom is -0.495 e. The topological polar surface area (TPSA) is 115 Å². The van der Waals surface area contributed by atoms with Gasteiger partial charge in [-0.05, 0) is 63.4 Å². The van der Waals surface area contributed by atoms with Crippen molar-refractivity contribution in [1.29, 1.82) is 0 Å². The van der Waals surface area contributed by atoms with Gasteiger partial charge in [0.2, 0.25) is 5.95 Å². The molecule has 1 aromatic carbocycles. The van der Waals surface area contributed by atoms with Crippen molar-refractivity contribution in [2.24, 2.45) is 0 Å². The van der Waals surface area contributed by atoms with Crippen molar-refractivity contribution >= 4 is 35.0 Å². The molecule has 2 aromatic rings. The number of hydrogen-bond donors (Lipinski definition) is 3. The minimum absolute atomic E-state index is 0.0474. The summed E-state index contributed by atoms with van der Waals surface area (Å²) in [6, 6.07) is 5.19. The molecule has 0 bridgehead atoms. The summed E-state index contributed by atoms with van der Waals surface area (Å²) in [6.45, 7) is 5.65. The van der Waals surface area contributed by atoms with Gasteiger partial charge in [-0.2, -0.15) is 4.98 Å². The summed E-state index contributed by atoms with van der Waals surface area (Å²) >= 11 is 0. The molecule has 3 aliphatic heterocycles. The van der Waals surface area contributed by atoms with Crippen molar-refractivity contribution < 1.29 is 14.3 Å². The Bertz CT molecular complexity index is 1150. The summed E-state index contributed by atoms with van der Waals surface area (Å²) in [5.74, 6) is 1.57. The van der Waals surface area contributed by atoms with Crippen LogP contribution in [0, 0.1) is 0 Å². The lowest BCUT2D eigenvalue weighted by Gasteiger charge is -2.44. The van der Waals surface area contributed by atoms with Crippen molar-refractivity contribution in [2.45, 2.75) is 51.1 Å². The van der Waals surface area contributed by atoms with E-state index in [4.69, 9.17) is 9.72 Å². The Labute approximate surface area is 217 Å². The molecule has 11 heteroatoms. The van der Waals surface area contributed by atoms with Gasteiger partial charge in [0.1, 0.15) is 17.5 Å². The van der Waals surface area contributed by atoms with Gasteiger partial charge in [-0.15, -0.1) is 0 Å². The first-order chi connectivity index (χ1) is 18.0. The third-order valence-corrected chi connectivity index (χ3v) is 7.40. The molecule has 2 amide bonds. The number of rotatable bonds is 7. The number of aromatic nitrogens is 2. The second kappa shape index (κ2) is 10.9. The maximum absolute atomic E-state index is 13.1. The zero-order chi connectivity index (χ0) is 25.9. The lowest BCUT2D eigenvalue weighted by molar-refractivity contribution is -0.120. The summed E-state index contributed by atoms with van der Waals surface area (Å²) in [6.07, 6.45) is 6.40. The van der Waals surface area contributed by atoms with Gasteiger partial charge in [-0.1, -0.05) is 6.92 Å². The summed E-state index contributed by atoms with van der Waals surface area (Å²) in [5.41, 5.74) is 1.88. The minimum atomic E-state index is -0.300. The van der Waals surface area contributed by atoms with E-state index in [1.165, 1.54) is 0 Å². The first kappa shape index (κ1) is 25.2. The second-order valence-corrected chi connectivity index (χ2v) is 9.77. The molecule has 0 aliphatic carbocycles. The molecule has 5 rings (SSSR count). The summed E-state index contributed by atoms with van der Waals surface area (Å²) < 4.78 is 5.60. The van der Waals surface area contributed by atoms with E-state index in [0.717, 1.165) is 51.9 Å². The van der Waals surface area contributed by atoms with Crippen LogP contribution in [0.3, 0.4) is 0 Å². The van der Waals surface area contributed by atoms with Crippen LogP contribution >= 0.6 is 0 Å². The number of likely N-dealkylation sites (N-methyl/N-ethyl adjacent to an activating group) is 1. The quantitative estimate of drug-likeness (QED) is 0.518. The van der Waals surface area contributed by atoms with E-state index in [1.807, 2.05) is 13.0 Å². The van der Waals surface area contributed by atoms with E-state index in [2.05, 4.69) is 31.0 Å². The van der Waals surface area contributed by atoms with E-state index in [0.29, 0.717) is 40.9 Å². The second-order valence-electron chi connectivity index (χ2n) is 9.77. The van der Waals surface area contributed by atoms with E-state index in [9.17, 15) is 9.59 Å². The number of hydrazine groups is 1. The Morgan fingerprint density at radius 1 is 1.22 bits per heavy atom. The first-order valence-electron chi connectivity index (χ1n) is 13.2. The number of hydrogen-bond acceptors (Lipinski definition) is 9. The number of anilines is 4. The molecule has 37 heavy (non-hydrogen) atoms. The number of fused-ring (bicyclic) bond motifs is 1. The number of methoxy groups -OCH3 is 1. The fraction of sp³-hybridized carbons (Fsp3) is 0.538. The number of benzene rings is 1. The van der Waals surface area contributed by atoms with Gasteiger partial charge in [-0.3, -0.25) is 14.6 Å². The van der Waals surface area contributed by atoms with Crippen LogP contribution in [0.2, 0.25) is 0 Å². The maximum atomic E-state index is 13.1. The third-order valence-electron chi connectivity index (χ3n) is 7.40. The van der Waals surface area contributed by atoms with Gasteiger partial charge in [-0.25, -0.2) is 9.99 Å². The summed E-state index contributed by atoms with van der Waals surface area (Å²) in [7, 11) is 3.35. The molecule has 198 valence electrons.